The molecule has 1 aliphatic heterocycles. The first-order chi connectivity index (χ1) is 11.3. The Kier molecular flexibility index (Phi) is 3.20. The number of piperidine rings is 1. The molecule has 5 aliphatic rings. The predicted molar refractivity (Wildman–Crippen MR) is 83.3 cm³/mol. The molecule has 0 radical (unpaired) electrons. The van der Waals surface area contributed by atoms with E-state index in [0.717, 1.165) is 43.6 Å². The van der Waals surface area contributed by atoms with Crippen LogP contribution in [0.1, 0.15) is 56.7 Å². The lowest BCUT2D eigenvalue weighted by Gasteiger charge is -2.54. The van der Waals surface area contributed by atoms with Gasteiger partial charge in [-0.05, 0) is 68.6 Å². The molecular formula is C17H25N5O. The number of hydrogen-bond acceptors (Lipinski definition) is 4. The first-order valence-electron chi connectivity index (χ1n) is 9.30. The van der Waals surface area contributed by atoms with Crippen molar-refractivity contribution in [1.29, 1.82) is 0 Å². The molecular weight excluding hydrogens is 290 g/mol. The number of aromatic nitrogens is 4. The van der Waals surface area contributed by atoms with Gasteiger partial charge in [0.25, 0.3) is 0 Å². The van der Waals surface area contributed by atoms with E-state index in [4.69, 9.17) is 0 Å². The normalized spacial score (nSPS) is 42.2. The molecule has 4 bridgehead atoms. The molecule has 6 rings (SSSR count). The van der Waals surface area contributed by atoms with Gasteiger partial charge < -0.3 is 4.90 Å². The summed E-state index contributed by atoms with van der Waals surface area (Å²) in [6, 6.07) is 0. The van der Waals surface area contributed by atoms with Crippen molar-refractivity contribution in [2.45, 2.75) is 50.9 Å². The van der Waals surface area contributed by atoms with Gasteiger partial charge in [-0.15, -0.1) is 10.2 Å². The summed E-state index contributed by atoms with van der Waals surface area (Å²) in [4.78, 5) is 15.4. The summed E-state index contributed by atoms with van der Waals surface area (Å²) in [5.41, 5.74) is 0. The van der Waals surface area contributed by atoms with Gasteiger partial charge in [-0.1, -0.05) is 5.21 Å². The number of nitrogens with one attached hydrogen (secondary N) is 1. The summed E-state index contributed by atoms with van der Waals surface area (Å²) in [6.07, 6.45) is 8.80. The molecule has 23 heavy (non-hydrogen) atoms. The lowest BCUT2D eigenvalue weighted by molar-refractivity contribution is -0.150. The Bertz CT molecular complexity index is 558. The van der Waals surface area contributed by atoms with Crippen LogP contribution in [0.4, 0.5) is 0 Å². The van der Waals surface area contributed by atoms with E-state index in [1.807, 2.05) is 0 Å². The van der Waals surface area contributed by atoms with Crippen molar-refractivity contribution >= 4 is 5.91 Å². The standard InChI is InChI=1S/C17H25N5O/c23-17(15-13-5-10-4-11(7-13)8-14(15)6-10)22-3-1-2-12(9-22)16-18-20-21-19-16/h10-15H,1-9H2,(H,18,19,20,21). The zero-order valence-electron chi connectivity index (χ0n) is 13.5. The van der Waals surface area contributed by atoms with Gasteiger partial charge >= 0.3 is 0 Å². The Balaban J connectivity index is 1.32. The average Bonchev–Trinajstić information content (AvgIpc) is 3.08. The van der Waals surface area contributed by atoms with Crippen molar-refractivity contribution in [3.05, 3.63) is 5.82 Å². The fourth-order valence-electron chi connectivity index (χ4n) is 6.27. The van der Waals surface area contributed by atoms with Crippen molar-refractivity contribution in [2.24, 2.45) is 29.6 Å². The average molecular weight is 315 g/mol. The Morgan fingerprint density at radius 1 is 1.09 bits per heavy atom. The van der Waals surface area contributed by atoms with Crippen molar-refractivity contribution in [2.75, 3.05) is 13.1 Å². The number of H-pyrrole nitrogens is 1. The van der Waals surface area contributed by atoms with Crippen molar-refractivity contribution in [3.63, 3.8) is 0 Å². The van der Waals surface area contributed by atoms with Crippen LogP contribution in [0.15, 0.2) is 0 Å². The second-order valence-electron chi connectivity index (χ2n) is 8.35. The summed E-state index contributed by atoms with van der Waals surface area (Å²) in [5, 5.41) is 14.5. The second-order valence-corrected chi connectivity index (χ2v) is 8.35. The van der Waals surface area contributed by atoms with Crippen LogP contribution in [0.25, 0.3) is 0 Å². The number of rotatable bonds is 2. The van der Waals surface area contributed by atoms with Gasteiger partial charge in [0.1, 0.15) is 0 Å². The fourth-order valence-corrected chi connectivity index (χ4v) is 6.27. The van der Waals surface area contributed by atoms with Gasteiger partial charge in [0.2, 0.25) is 5.91 Å². The Morgan fingerprint density at radius 2 is 1.83 bits per heavy atom. The van der Waals surface area contributed by atoms with E-state index >= 15 is 0 Å². The highest BCUT2D eigenvalue weighted by molar-refractivity contribution is 5.80. The van der Waals surface area contributed by atoms with Gasteiger partial charge in [-0.3, -0.25) is 4.79 Å². The van der Waals surface area contributed by atoms with E-state index in [0.29, 0.717) is 23.7 Å². The molecule has 1 atom stereocenters. The maximum Gasteiger partial charge on any atom is 0.226 e. The van der Waals surface area contributed by atoms with E-state index in [1.165, 1.54) is 32.1 Å². The SMILES string of the molecule is O=C(C1C2CC3CC(C2)CC1C3)N1CCCC(c2nn[nH]n2)C1. The Morgan fingerprint density at radius 3 is 2.48 bits per heavy atom. The number of amides is 1. The largest absolute Gasteiger partial charge is 0.342 e. The molecule has 6 heteroatoms. The van der Waals surface area contributed by atoms with Crippen molar-refractivity contribution in [3.8, 4) is 0 Å². The monoisotopic (exact) mass is 315 g/mol. The van der Waals surface area contributed by atoms with E-state index in [1.54, 1.807) is 0 Å². The lowest BCUT2D eigenvalue weighted by Crippen LogP contribution is -2.53. The number of carbonyl (C=O) groups excluding carboxylic acids is 1. The van der Waals surface area contributed by atoms with Gasteiger partial charge in [-0.2, -0.15) is 5.21 Å². The molecule has 5 fully saturated rings. The van der Waals surface area contributed by atoms with Crippen LogP contribution in [0.5, 0.6) is 0 Å². The highest BCUT2D eigenvalue weighted by Gasteiger charge is 2.51. The zero-order chi connectivity index (χ0) is 15.4. The minimum atomic E-state index is 0.253. The zero-order valence-corrected chi connectivity index (χ0v) is 13.5. The van der Waals surface area contributed by atoms with Gasteiger partial charge in [-0.25, -0.2) is 0 Å². The number of tetrazole rings is 1. The van der Waals surface area contributed by atoms with Gasteiger partial charge in [0.05, 0.1) is 0 Å². The van der Waals surface area contributed by atoms with E-state index in [2.05, 4.69) is 25.5 Å². The molecule has 1 saturated heterocycles. The molecule has 2 heterocycles. The topological polar surface area (TPSA) is 74.8 Å². The van der Waals surface area contributed by atoms with Gasteiger partial charge in [0, 0.05) is 24.9 Å². The number of hydrogen-bond donors (Lipinski definition) is 1. The summed E-state index contributed by atoms with van der Waals surface area (Å²) in [5.74, 6) is 4.97. The third-order valence-electron chi connectivity index (χ3n) is 6.97. The maximum atomic E-state index is 13.3. The molecule has 1 aromatic heterocycles. The lowest BCUT2D eigenvalue weighted by atomic mass is 9.51. The number of aromatic amines is 1. The van der Waals surface area contributed by atoms with E-state index < -0.39 is 0 Å². The summed E-state index contributed by atoms with van der Waals surface area (Å²) >= 11 is 0. The third kappa shape index (κ3) is 2.29. The predicted octanol–water partition coefficient (Wildman–Crippen LogP) is 1.98. The number of carbonyl (C=O) groups is 1. The Hall–Kier alpha value is -1.46. The first kappa shape index (κ1) is 13.9. The van der Waals surface area contributed by atoms with Crippen LogP contribution >= 0.6 is 0 Å². The maximum absolute atomic E-state index is 13.3. The summed E-state index contributed by atoms with van der Waals surface area (Å²) in [6.45, 7) is 1.69. The fraction of sp³-hybridized carbons (Fsp3) is 0.882. The van der Waals surface area contributed by atoms with Crippen molar-refractivity contribution < 1.29 is 4.79 Å². The number of nitrogens with zero attached hydrogens (tertiary/aromatic N) is 4. The molecule has 124 valence electrons. The molecule has 1 unspecified atom stereocenters. The minimum absolute atomic E-state index is 0.253. The molecule has 6 nitrogen and oxygen atoms in total. The van der Waals surface area contributed by atoms with Crippen LogP contribution in [-0.4, -0.2) is 44.5 Å². The number of likely N-dealkylation sites (tertiary alicyclic amines) is 1. The van der Waals surface area contributed by atoms with Crippen molar-refractivity contribution in [1.82, 2.24) is 25.5 Å². The van der Waals surface area contributed by atoms with Crippen LogP contribution in [0, 0.1) is 29.6 Å². The first-order valence-corrected chi connectivity index (χ1v) is 9.30. The van der Waals surface area contributed by atoms with Crippen LogP contribution < -0.4 is 0 Å². The molecule has 4 saturated carbocycles. The van der Waals surface area contributed by atoms with Crippen LogP contribution in [-0.2, 0) is 4.79 Å². The molecule has 0 aromatic carbocycles. The molecule has 0 spiro atoms. The quantitative estimate of drug-likeness (QED) is 0.905. The third-order valence-corrected chi connectivity index (χ3v) is 6.97. The summed E-state index contributed by atoms with van der Waals surface area (Å²) in [7, 11) is 0. The van der Waals surface area contributed by atoms with Crippen LogP contribution in [0.3, 0.4) is 0 Å². The molecule has 4 aliphatic carbocycles. The van der Waals surface area contributed by atoms with Gasteiger partial charge in [0.15, 0.2) is 5.82 Å². The van der Waals surface area contributed by atoms with Crippen LogP contribution in [0.2, 0.25) is 0 Å². The highest BCUT2D eigenvalue weighted by Crippen LogP contribution is 2.57. The summed E-state index contributed by atoms with van der Waals surface area (Å²) < 4.78 is 0. The smallest absolute Gasteiger partial charge is 0.226 e. The molecule has 1 N–H and O–H groups in total. The minimum Gasteiger partial charge on any atom is -0.342 e. The molecule has 1 amide bonds. The van der Waals surface area contributed by atoms with E-state index in [-0.39, 0.29) is 5.92 Å². The molecule has 1 aromatic rings. The highest BCUT2D eigenvalue weighted by atomic mass is 16.2. The Labute approximate surface area is 136 Å². The van der Waals surface area contributed by atoms with E-state index in [9.17, 15) is 4.79 Å². The second kappa shape index (κ2) is 5.28.